The Hall–Kier alpha value is -1.23. The topological polar surface area (TPSA) is 21.6 Å². The minimum atomic E-state index is -4.45. The van der Waals surface area contributed by atoms with Gasteiger partial charge >= 0.3 is 6.18 Å². The van der Waals surface area contributed by atoms with Crippen molar-refractivity contribution in [3.8, 4) is 0 Å². The van der Waals surface area contributed by atoms with Gasteiger partial charge in [0.2, 0.25) is 0 Å². The van der Waals surface area contributed by atoms with E-state index in [9.17, 15) is 13.2 Å². The van der Waals surface area contributed by atoms with Crippen LogP contribution in [-0.2, 0) is 11.0 Å². The molecule has 1 rings (SSSR count). The van der Waals surface area contributed by atoms with Crippen LogP contribution in [0.5, 0.6) is 0 Å². The lowest BCUT2D eigenvalue weighted by atomic mass is 10.0. The number of halogens is 4. The first-order chi connectivity index (χ1) is 9.29. The average molecular weight is 308 g/mol. The molecule has 0 radical (unpaired) electrons. The van der Waals surface area contributed by atoms with E-state index in [0.717, 1.165) is 18.9 Å². The molecule has 0 atom stereocenters. The van der Waals surface area contributed by atoms with Crippen LogP contribution in [0.4, 0.5) is 13.2 Å². The minimum absolute atomic E-state index is 0.0593. The summed E-state index contributed by atoms with van der Waals surface area (Å²) >= 11 is 5.77. The standard InChI is InChI=1S/C14H17ClF3NO/c1-4-11(5-2)20-19-9(3)12-8-10(15)6-7-13(12)14(16,17)18/h6-8,11H,4-5H2,1-3H3. The van der Waals surface area contributed by atoms with E-state index >= 15 is 0 Å². The second-order valence-corrected chi connectivity index (χ2v) is 4.84. The fraction of sp³-hybridized carbons (Fsp3) is 0.500. The van der Waals surface area contributed by atoms with Crippen molar-refractivity contribution in [1.29, 1.82) is 0 Å². The molecule has 0 fully saturated rings. The maximum atomic E-state index is 12.9. The van der Waals surface area contributed by atoms with Crippen molar-refractivity contribution in [2.75, 3.05) is 0 Å². The van der Waals surface area contributed by atoms with Gasteiger partial charge in [0.05, 0.1) is 11.3 Å². The first kappa shape index (κ1) is 16.8. The van der Waals surface area contributed by atoms with Gasteiger partial charge in [0, 0.05) is 10.6 Å². The Labute approximate surface area is 121 Å². The van der Waals surface area contributed by atoms with E-state index in [1.165, 1.54) is 19.1 Å². The summed E-state index contributed by atoms with van der Waals surface area (Å²) in [6, 6.07) is 3.41. The highest BCUT2D eigenvalue weighted by Crippen LogP contribution is 2.33. The van der Waals surface area contributed by atoms with Gasteiger partial charge in [-0.1, -0.05) is 30.6 Å². The van der Waals surface area contributed by atoms with Crippen LogP contribution in [0.25, 0.3) is 0 Å². The molecule has 1 aromatic carbocycles. The van der Waals surface area contributed by atoms with Gasteiger partial charge in [0.25, 0.3) is 0 Å². The highest BCUT2D eigenvalue weighted by atomic mass is 35.5. The summed E-state index contributed by atoms with van der Waals surface area (Å²) in [5.74, 6) is 0. The van der Waals surface area contributed by atoms with Crippen molar-refractivity contribution < 1.29 is 18.0 Å². The lowest BCUT2D eigenvalue weighted by molar-refractivity contribution is -0.137. The van der Waals surface area contributed by atoms with E-state index in [1.54, 1.807) is 0 Å². The fourth-order valence-corrected chi connectivity index (χ4v) is 1.88. The summed E-state index contributed by atoms with van der Waals surface area (Å²) in [7, 11) is 0. The highest BCUT2D eigenvalue weighted by molar-refractivity contribution is 6.31. The zero-order valence-corrected chi connectivity index (χ0v) is 12.3. The second-order valence-electron chi connectivity index (χ2n) is 4.41. The Bertz CT molecular complexity index is 482. The van der Waals surface area contributed by atoms with Crippen LogP contribution in [0.3, 0.4) is 0 Å². The van der Waals surface area contributed by atoms with Crippen LogP contribution < -0.4 is 0 Å². The molecule has 0 bridgehead atoms. The third-order valence-electron chi connectivity index (χ3n) is 2.93. The number of oxime groups is 1. The van der Waals surface area contributed by atoms with E-state index in [1.807, 2.05) is 13.8 Å². The van der Waals surface area contributed by atoms with E-state index in [-0.39, 0.29) is 22.4 Å². The molecule has 0 heterocycles. The van der Waals surface area contributed by atoms with Crippen LogP contribution in [0, 0.1) is 0 Å². The molecule has 0 unspecified atom stereocenters. The Balaban J connectivity index is 3.11. The quantitative estimate of drug-likeness (QED) is 0.535. The SMILES string of the molecule is CCC(CC)ON=C(C)c1cc(Cl)ccc1C(F)(F)F. The van der Waals surface area contributed by atoms with Crippen LogP contribution in [0.15, 0.2) is 23.4 Å². The molecule has 2 nitrogen and oxygen atoms in total. The van der Waals surface area contributed by atoms with Crippen molar-refractivity contribution in [2.45, 2.75) is 45.9 Å². The highest BCUT2D eigenvalue weighted by Gasteiger charge is 2.34. The molecule has 112 valence electrons. The van der Waals surface area contributed by atoms with Crippen molar-refractivity contribution in [3.63, 3.8) is 0 Å². The predicted molar refractivity (Wildman–Crippen MR) is 74.1 cm³/mol. The molecule has 1 aromatic rings. The Morgan fingerprint density at radius 2 is 1.90 bits per heavy atom. The Morgan fingerprint density at radius 3 is 2.40 bits per heavy atom. The van der Waals surface area contributed by atoms with Gasteiger partial charge in [0.15, 0.2) is 0 Å². The predicted octanol–water partition coefficient (Wildman–Crippen LogP) is 5.29. The molecular formula is C14H17ClF3NO. The smallest absolute Gasteiger partial charge is 0.392 e. The maximum Gasteiger partial charge on any atom is 0.417 e. The van der Waals surface area contributed by atoms with Crippen molar-refractivity contribution >= 4 is 17.3 Å². The molecular weight excluding hydrogens is 291 g/mol. The van der Waals surface area contributed by atoms with Crippen LogP contribution >= 0.6 is 11.6 Å². The van der Waals surface area contributed by atoms with Crippen LogP contribution in [0.2, 0.25) is 5.02 Å². The summed E-state index contributed by atoms with van der Waals surface area (Å²) in [5.41, 5.74) is -0.668. The number of rotatable bonds is 5. The van der Waals surface area contributed by atoms with Gasteiger partial charge in [-0.15, -0.1) is 0 Å². The molecule has 0 aliphatic heterocycles. The molecule has 0 aromatic heterocycles. The number of nitrogens with zero attached hydrogens (tertiary/aromatic N) is 1. The summed E-state index contributed by atoms with van der Waals surface area (Å²) in [4.78, 5) is 5.24. The minimum Gasteiger partial charge on any atom is -0.392 e. The van der Waals surface area contributed by atoms with Crippen molar-refractivity contribution in [2.24, 2.45) is 5.16 Å². The molecule has 0 spiro atoms. The van der Waals surface area contributed by atoms with E-state index in [2.05, 4.69) is 5.16 Å². The molecule has 20 heavy (non-hydrogen) atoms. The summed E-state index contributed by atoms with van der Waals surface area (Å²) < 4.78 is 38.8. The van der Waals surface area contributed by atoms with Gasteiger partial charge in [-0.3, -0.25) is 0 Å². The number of hydrogen-bond donors (Lipinski definition) is 0. The first-order valence-electron chi connectivity index (χ1n) is 6.37. The van der Waals surface area contributed by atoms with Gasteiger partial charge in [-0.25, -0.2) is 0 Å². The molecule has 6 heteroatoms. The van der Waals surface area contributed by atoms with Gasteiger partial charge < -0.3 is 4.84 Å². The van der Waals surface area contributed by atoms with Crippen molar-refractivity contribution in [1.82, 2.24) is 0 Å². The van der Waals surface area contributed by atoms with Gasteiger partial charge in [-0.2, -0.15) is 13.2 Å². The Kier molecular flexibility index (Phi) is 5.87. The largest absolute Gasteiger partial charge is 0.417 e. The monoisotopic (exact) mass is 307 g/mol. The van der Waals surface area contributed by atoms with Crippen LogP contribution in [-0.4, -0.2) is 11.8 Å². The second kappa shape index (κ2) is 6.97. The first-order valence-corrected chi connectivity index (χ1v) is 6.74. The fourth-order valence-electron chi connectivity index (χ4n) is 1.70. The zero-order valence-electron chi connectivity index (χ0n) is 11.6. The molecule has 0 aliphatic carbocycles. The lowest BCUT2D eigenvalue weighted by Gasteiger charge is -2.14. The molecule has 0 amide bonds. The summed E-state index contributed by atoms with van der Waals surface area (Å²) in [6.45, 7) is 5.34. The van der Waals surface area contributed by atoms with E-state index in [0.29, 0.717) is 0 Å². The average Bonchev–Trinajstić information content (AvgIpc) is 2.38. The van der Waals surface area contributed by atoms with E-state index in [4.69, 9.17) is 16.4 Å². The number of hydrogen-bond acceptors (Lipinski definition) is 2. The van der Waals surface area contributed by atoms with Gasteiger partial charge in [0.1, 0.15) is 6.10 Å². The molecule has 0 aliphatic rings. The molecule has 0 saturated carbocycles. The van der Waals surface area contributed by atoms with Gasteiger partial charge in [-0.05, 0) is 38.0 Å². The number of benzene rings is 1. The Morgan fingerprint density at radius 1 is 1.30 bits per heavy atom. The number of alkyl halides is 3. The van der Waals surface area contributed by atoms with E-state index < -0.39 is 11.7 Å². The van der Waals surface area contributed by atoms with Crippen LogP contribution in [0.1, 0.15) is 44.7 Å². The lowest BCUT2D eigenvalue weighted by Crippen LogP contribution is -2.13. The summed E-state index contributed by atoms with van der Waals surface area (Å²) in [6.07, 6.45) is -3.06. The molecule has 0 N–H and O–H groups in total. The molecule has 0 saturated heterocycles. The van der Waals surface area contributed by atoms with Crippen molar-refractivity contribution in [3.05, 3.63) is 34.3 Å². The zero-order chi connectivity index (χ0) is 15.3. The maximum absolute atomic E-state index is 12.9. The third kappa shape index (κ3) is 4.40. The third-order valence-corrected chi connectivity index (χ3v) is 3.16. The normalized spacial score (nSPS) is 12.9. The summed E-state index contributed by atoms with van der Waals surface area (Å²) in [5, 5.41) is 4.04.